The second kappa shape index (κ2) is 12.8. The maximum Gasteiger partial charge on any atom is 0.513 e. The normalized spacial score (nSPS) is 10.2. The van der Waals surface area contributed by atoms with Crippen LogP contribution in [0.2, 0.25) is 0 Å². The van der Waals surface area contributed by atoms with E-state index in [0.717, 1.165) is 11.3 Å². The molecule has 0 bridgehead atoms. The average molecular weight is 477 g/mol. The van der Waals surface area contributed by atoms with Crippen LogP contribution in [0.5, 0.6) is 11.5 Å². The van der Waals surface area contributed by atoms with Crippen LogP contribution in [0.4, 0.5) is 16.2 Å². The third-order valence-electron chi connectivity index (χ3n) is 4.93. The van der Waals surface area contributed by atoms with Crippen molar-refractivity contribution in [1.82, 2.24) is 0 Å². The van der Waals surface area contributed by atoms with Gasteiger partial charge in [0.05, 0.1) is 24.6 Å². The number of carbonyl (C=O) groups is 3. The lowest BCUT2D eigenvalue weighted by atomic mass is 10.2. The average Bonchev–Trinajstić information content (AvgIpc) is 2.84. The smallest absolute Gasteiger partial charge is 0.493 e. The molecule has 0 radical (unpaired) electrons. The van der Waals surface area contributed by atoms with Crippen LogP contribution in [0, 0.1) is 6.92 Å². The maximum atomic E-state index is 12.7. The monoisotopic (exact) mass is 476 g/mol. The zero-order valence-electron chi connectivity index (χ0n) is 19.7. The SMILES string of the molecule is CCOC(=O)Oc1ccc(C(=O)Nc2ccccc2NC(=O)CCCOc2ccccc2C)cc1. The van der Waals surface area contributed by atoms with Crippen LogP contribution in [0.1, 0.15) is 35.7 Å². The summed E-state index contributed by atoms with van der Waals surface area (Å²) in [6.07, 6.45) is 0.0153. The summed E-state index contributed by atoms with van der Waals surface area (Å²) in [5.74, 6) is 0.516. The molecule has 0 aliphatic rings. The van der Waals surface area contributed by atoms with Crippen molar-refractivity contribution in [2.75, 3.05) is 23.8 Å². The van der Waals surface area contributed by atoms with Crippen LogP contribution in [0.15, 0.2) is 72.8 Å². The first kappa shape index (κ1) is 25.3. The molecule has 0 aliphatic carbocycles. The number of carbonyl (C=O) groups excluding carboxylic acids is 3. The van der Waals surface area contributed by atoms with Gasteiger partial charge < -0.3 is 24.8 Å². The summed E-state index contributed by atoms with van der Waals surface area (Å²) in [7, 11) is 0. The highest BCUT2D eigenvalue weighted by molar-refractivity contribution is 6.07. The van der Waals surface area contributed by atoms with E-state index in [1.807, 2.05) is 31.2 Å². The van der Waals surface area contributed by atoms with Crippen LogP contribution >= 0.6 is 0 Å². The van der Waals surface area contributed by atoms with Crippen molar-refractivity contribution in [1.29, 1.82) is 0 Å². The van der Waals surface area contributed by atoms with Crippen LogP contribution in [-0.4, -0.2) is 31.2 Å². The second-order valence-corrected chi connectivity index (χ2v) is 7.57. The van der Waals surface area contributed by atoms with E-state index in [9.17, 15) is 14.4 Å². The second-order valence-electron chi connectivity index (χ2n) is 7.57. The number of benzene rings is 3. The summed E-state index contributed by atoms with van der Waals surface area (Å²) in [5.41, 5.74) is 2.36. The van der Waals surface area contributed by atoms with Crippen LogP contribution in [0.25, 0.3) is 0 Å². The third kappa shape index (κ3) is 7.89. The Morgan fingerprint density at radius 3 is 2.17 bits per heavy atom. The van der Waals surface area contributed by atoms with E-state index in [1.54, 1.807) is 31.2 Å². The van der Waals surface area contributed by atoms with E-state index in [-0.39, 0.29) is 30.6 Å². The third-order valence-corrected chi connectivity index (χ3v) is 4.93. The molecule has 0 aromatic heterocycles. The summed E-state index contributed by atoms with van der Waals surface area (Å²) in [6.45, 7) is 4.28. The summed E-state index contributed by atoms with van der Waals surface area (Å²) in [5, 5.41) is 5.64. The molecule has 0 atom stereocenters. The fourth-order valence-corrected chi connectivity index (χ4v) is 3.16. The number of hydrogen-bond acceptors (Lipinski definition) is 6. The van der Waals surface area contributed by atoms with Gasteiger partial charge in [0.2, 0.25) is 5.91 Å². The highest BCUT2D eigenvalue weighted by Crippen LogP contribution is 2.23. The van der Waals surface area contributed by atoms with Gasteiger partial charge in [-0.1, -0.05) is 30.3 Å². The Labute approximate surface area is 204 Å². The Morgan fingerprint density at radius 2 is 1.49 bits per heavy atom. The minimum Gasteiger partial charge on any atom is -0.493 e. The Hall–Kier alpha value is -4.33. The van der Waals surface area contributed by atoms with Crippen molar-refractivity contribution in [2.45, 2.75) is 26.7 Å². The van der Waals surface area contributed by atoms with E-state index in [2.05, 4.69) is 10.6 Å². The van der Waals surface area contributed by atoms with Crippen molar-refractivity contribution in [3.63, 3.8) is 0 Å². The molecule has 0 unspecified atom stereocenters. The molecule has 0 fully saturated rings. The van der Waals surface area contributed by atoms with E-state index >= 15 is 0 Å². The highest BCUT2D eigenvalue weighted by atomic mass is 16.7. The molecule has 0 spiro atoms. The van der Waals surface area contributed by atoms with Gasteiger partial charge >= 0.3 is 6.16 Å². The molecule has 182 valence electrons. The minimum atomic E-state index is -0.809. The van der Waals surface area contributed by atoms with Gasteiger partial charge in [-0.3, -0.25) is 9.59 Å². The molecule has 8 nitrogen and oxygen atoms in total. The topological polar surface area (TPSA) is 103 Å². The molecular weight excluding hydrogens is 448 g/mol. The first-order chi connectivity index (χ1) is 17.0. The summed E-state index contributed by atoms with van der Waals surface area (Å²) in [4.78, 5) is 36.5. The van der Waals surface area contributed by atoms with Gasteiger partial charge in [0, 0.05) is 12.0 Å². The molecule has 0 saturated carbocycles. The van der Waals surface area contributed by atoms with E-state index in [0.29, 0.717) is 30.0 Å². The predicted octanol–water partition coefficient (Wildman–Crippen LogP) is 5.58. The summed E-state index contributed by atoms with van der Waals surface area (Å²) < 4.78 is 15.4. The number of aryl methyl sites for hydroxylation is 1. The van der Waals surface area contributed by atoms with Gasteiger partial charge in [-0.05, 0) is 68.3 Å². The highest BCUT2D eigenvalue weighted by Gasteiger charge is 2.12. The summed E-state index contributed by atoms with van der Waals surface area (Å²) in [6, 6.07) is 20.7. The quantitative estimate of drug-likeness (QED) is 0.225. The van der Waals surface area contributed by atoms with Gasteiger partial charge in [0.1, 0.15) is 11.5 Å². The number of para-hydroxylation sites is 3. The fourth-order valence-electron chi connectivity index (χ4n) is 3.16. The largest absolute Gasteiger partial charge is 0.513 e. The van der Waals surface area contributed by atoms with E-state index < -0.39 is 6.16 Å². The van der Waals surface area contributed by atoms with Gasteiger partial charge in [0.25, 0.3) is 5.91 Å². The number of hydrogen-bond donors (Lipinski definition) is 2. The Balaban J connectivity index is 1.51. The predicted molar refractivity (Wildman–Crippen MR) is 133 cm³/mol. The zero-order valence-corrected chi connectivity index (χ0v) is 19.7. The maximum absolute atomic E-state index is 12.7. The van der Waals surface area contributed by atoms with Crippen molar-refractivity contribution in [3.8, 4) is 11.5 Å². The lowest BCUT2D eigenvalue weighted by Crippen LogP contribution is -2.17. The summed E-state index contributed by atoms with van der Waals surface area (Å²) >= 11 is 0. The zero-order chi connectivity index (χ0) is 25.0. The van der Waals surface area contributed by atoms with Crippen LogP contribution in [-0.2, 0) is 9.53 Å². The standard InChI is InChI=1S/C27H28N2O6/c1-3-33-27(32)35-21-16-14-20(15-17-21)26(31)29-23-11-6-5-10-22(23)28-25(30)13-8-18-34-24-12-7-4-9-19(24)2/h4-7,9-12,14-17H,3,8,13,18H2,1-2H3,(H,28,30)(H,29,31). The lowest BCUT2D eigenvalue weighted by molar-refractivity contribution is -0.116. The molecule has 35 heavy (non-hydrogen) atoms. The molecule has 0 heterocycles. The van der Waals surface area contributed by atoms with Crippen molar-refractivity contribution >= 4 is 29.3 Å². The fraction of sp³-hybridized carbons (Fsp3) is 0.222. The van der Waals surface area contributed by atoms with E-state index in [1.165, 1.54) is 24.3 Å². The molecule has 2 amide bonds. The number of rotatable bonds is 10. The molecular formula is C27H28N2O6. The molecule has 3 aromatic rings. The van der Waals surface area contributed by atoms with Crippen molar-refractivity contribution in [3.05, 3.63) is 83.9 Å². The van der Waals surface area contributed by atoms with Gasteiger partial charge in [-0.25, -0.2) is 4.79 Å². The molecule has 0 saturated heterocycles. The van der Waals surface area contributed by atoms with Crippen molar-refractivity contribution < 1.29 is 28.6 Å². The lowest BCUT2D eigenvalue weighted by Gasteiger charge is -2.13. The van der Waals surface area contributed by atoms with Crippen LogP contribution < -0.4 is 20.1 Å². The molecule has 0 aliphatic heterocycles. The number of anilines is 2. The van der Waals surface area contributed by atoms with Gasteiger partial charge in [-0.2, -0.15) is 0 Å². The Bertz CT molecular complexity index is 1160. The van der Waals surface area contributed by atoms with Crippen molar-refractivity contribution in [2.24, 2.45) is 0 Å². The van der Waals surface area contributed by atoms with Gasteiger partial charge in [0.15, 0.2) is 0 Å². The Morgan fingerprint density at radius 1 is 0.829 bits per heavy atom. The van der Waals surface area contributed by atoms with Gasteiger partial charge in [-0.15, -0.1) is 0 Å². The minimum absolute atomic E-state index is 0.180. The molecule has 3 rings (SSSR count). The number of amides is 2. The number of ether oxygens (including phenoxy) is 3. The van der Waals surface area contributed by atoms with E-state index in [4.69, 9.17) is 14.2 Å². The molecule has 8 heteroatoms. The first-order valence-electron chi connectivity index (χ1n) is 11.3. The van der Waals surface area contributed by atoms with Crippen LogP contribution in [0.3, 0.4) is 0 Å². The Kier molecular flexibility index (Phi) is 9.24. The first-order valence-corrected chi connectivity index (χ1v) is 11.3. The number of nitrogens with one attached hydrogen (secondary N) is 2. The molecule has 3 aromatic carbocycles. The molecule has 2 N–H and O–H groups in total.